The Kier molecular flexibility index (Phi) is 5.25. The molecule has 0 aliphatic carbocycles. The van der Waals surface area contributed by atoms with E-state index >= 15 is 0 Å². The van der Waals surface area contributed by atoms with Crippen molar-refractivity contribution in [3.63, 3.8) is 0 Å². The second-order valence-electron chi connectivity index (χ2n) is 4.81. The van der Waals surface area contributed by atoms with Crippen LogP contribution in [0.3, 0.4) is 0 Å². The number of aryl methyl sites for hydroxylation is 1. The molecular formula is C17H18N2O3. The number of hydrogen-bond donors (Lipinski definition) is 0. The number of amides is 1. The summed E-state index contributed by atoms with van der Waals surface area (Å²) in [5.74, 6) is -0.538. The zero-order valence-corrected chi connectivity index (χ0v) is 12.7. The third kappa shape index (κ3) is 3.69. The summed E-state index contributed by atoms with van der Waals surface area (Å²) < 4.78 is 4.66. The zero-order chi connectivity index (χ0) is 15.9. The van der Waals surface area contributed by atoms with Crippen molar-refractivity contribution in [3.8, 4) is 0 Å². The highest BCUT2D eigenvalue weighted by molar-refractivity contribution is 6.06. The first-order valence-corrected chi connectivity index (χ1v) is 6.98. The van der Waals surface area contributed by atoms with Crippen molar-refractivity contribution in [2.24, 2.45) is 0 Å². The van der Waals surface area contributed by atoms with Gasteiger partial charge in [-0.05, 0) is 30.7 Å². The lowest BCUT2D eigenvalue weighted by Gasteiger charge is -2.24. The van der Waals surface area contributed by atoms with E-state index in [0.29, 0.717) is 5.56 Å². The lowest BCUT2D eigenvalue weighted by molar-refractivity contribution is -0.140. The second-order valence-corrected chi connectivity index (χ2v) is 4.81. The van der Waals surface area contributed by atoms with Crippen molar-refractivity contribution in [2.75, 3.05) is 18.6 Å². The lowest BCUT2D eigenvalue weighted by Crippen LogP contribution is -2.33. The maximum Gasteiger partial charge on any atom is 0.307 e. The van der Waals surface area contributed by atoms with Crippen LogP contribution in [0.5, 0.6) is 0 Å². The van der Waals surface area contributed by atoms with Crippen LogP contribution in [-0.2, 0) is 9.53 Å². The maximum atomic E-state index is 12.7. The number of carbonyl (C=O) groups excluding carboxylic acids is 2. The molecule has 0 saturated carbocycles. The van der Waals surface area contributed by atoms with Gasteiger partial charge in [0, 0.05) is 24.6 Å². The molecule has 2 rings (SSSR count). The zero-order valence-electron chi connectivity index (χ0n) is 12.7. The Bertz CT molecular complexity index is 656. The van der Waals surface area contributed by atoms with Crippen LogP contribution in [0.4, 0.5) is 5.69 Å². The highest BCUT2D eigenvalue weighted by Gasteiger charge is 2.20. The standard InChI is InChI=1S/C17H18N2O3/c1-13-6-3-4-8-15(13)19(11-9-16(20)22-2)17(21)14-7-5-10-18-12-14/h3-8,10,12H,9,11H2,1-2H3. The Hall–Kier alpha value is -2.69. The van der Waals surface area contributed by atoms with Crippen LogP contribution in [0, 0.1) is 6.92 Å². The molecule has 5 nitrogen and oxygen atoms in total. The number of esters is 1. The van der Waals surface area contributed by atoms with Gasteiger partial charge in [0.05, 0.1) is 19.1 Å². The monoisotopic (exact) mass is 298 g/mol. The smallest absolute Gasteiger partial charge is 0.307 e. The van der Waals surface area contributed by atoms with Gasteiger partial charge in [-0.1, -0.05) is 18.2 Å². The average Bonchev–Trinajstić information content (AvgIpc) is 2.56. The van der Waals surface area contributed by atoms with E-state index in [1.165, 1.54) is 13.3 Å². The fourth-order valence-electron chi connectivity index (χ4n) is 2.15. The molecule has 0 aliphatic heterocycles. The molecule has 1 aromatic heterocycles. The molecule has 0 atom stereocenters. The lowest BCUT2D eigenvalue weighted by atomic mass is 10.1. The quantitative estimate of drug-likeness (QED) is 0.796. The summed E-state index contributed by atoms with van der Waals surface area (Å²) in [4.78, 5) is 29.7. The van der Waals surface area contributed by atoms with Gasteiger partial charge in [0.1, 0.15) is 0 Å². The largest absolute Gasteiger partial charge is 0.469 e. The summed E-state index contributed by atoms with van der Waals surface area (Å²) >= 11 is 0. The normalized spacial score (nSPS) is 10.1. The molecule has 0 spiro atoms. The van der Waals surface area contributed by atoms with Crippen LogP contribution in [0.15, 0.2) is 48.8 Å². The molecule has 2 aromatic rings. The van der Waals surface area contributed by atoms with Crippen LogP contribution < -0.4 is 4.90 Å². The van der Waals surface area contributed by atoms with E-state index in [-0.39, 0.29) is 24.8 Å². The van der Waals surface area contributed by atoms with Crippen molar-refractivity contribution in [2.45, 2.75) is 13.3 Å². The number of carbonyl (C=O) groups is 2. The number of anilines is 1. The number of hydrogen-bond acceptors (Lipinski definition) is 4. The molecule has 1 aromatic carbocycles. The first-order valence-electron chi connectivity index (χ1n) is 6.98. The van der Waals surface area contributed by atoms with Gasteiger partial charge in [-0.2, -0.15) is 0 Å². The molecule has 114 valence electrons. The first kappa shape index (κ1) is 15.7. The van der Waals surface area contributed by atoms with E-state index in [1.807, 2.05) is 31.2 Å². The fourth-order valence-corrected chi connectivity index (χ4v) is 2.15. The molecule has 22 heavy (non-hydrogen) atoms. The molecule has 0 fully saturated rings. The Balaban J connectivity index is 2.31. The fraction of sp³-hybridized carbons (Fsp3) is 0.235. The SMILES string of the molecule is COC(=O)CCN(C(=O)c1cccnc1)c1ccccc1C. The number of rotatable bonds is 5. The number of pyridine rings is 1. The molecule has 0 radical (unpaired) electrons. The van der Waals surface area contributed by atoms with Gasteiger partial charge in [0.15, 0.2) is 0 Å². The van der Waals surface area contributed by atoms with Gasteiger partial charge in [-0.15, -0.1) is 0 Å². The summed E-state index contributed by atoms with van der Waals surface area (Å²) in [5, 5.41) is 0. The predicted octanol–water partition coefficient (Wildman–Crippen LogP) is 2.60. The van der Waals surface area contributed by atoms with Gasteiger partial charge in [-0.25, -0.2) is 0 Å². The van der Waals surface area contributed by atoms with E-state index in [1.54, 1.807) is 23.2 Å². The number of benzene rings is 1. The highest BCUT2D eigenvalue weighted by atomic mass is 16.5. The Morgan fingerprint density at radius 3 is 2.59 bits per heavy atom. The van der Waals surface area contributed by atoms with Gasteiger partial charge in [-0.3, -0.25) is 14.6 Å². The summed E-state index contributed by atoms with van der Waals surface area (Å²) in [5.41, 5.74) is 2.22. The molecule has 0 unspecified atom stereocenters. The molecule has 0 bridgehead atoms. The van der Waals surface area contributed by atoms with Crippen molar-refractivity contribution >= 4 is 17.6 Å². The minimum absolute atomic E-state index is 0.136. The van der Waals surface area contributed by atoms with Crippen molar-refractivity contribution in [1.29, 1.82) is 0 Å². The minimum Gasteiger partial charge on any atom is -0.469 e. The van der Waals surface area contributed by atoms with E-state index in [9.17, 15) is 9.59 Å². The van der Waals surface area contributed by atoms with Crippen LogP contribution in [0.25, 0.3) is 0 Å². The van der Waals surface area contributed by atoms with Gasteiger partial charge in [0.25, 0.3) is 5.91 Å². The molecule has 0 N–H and O–H groups in total. The van der Waals surface area contributed by atoms with Gasteiger partial charge in [0.2, 0.25) is 0 Å². The first-order chi connectivity index (χ1) is 10.6. The molecule has 5 heteroatoms. The number of aromatic nitrogens is 1. The Labute approximate surface area is 129 Å². The highest BCUT2D eigenvalue weighted by Crippen LogP contribution is 2.22. The van der Waals surface area contributed by atoms with Crippen LogP contribution >= 0.6 is 0 Å². The third-order valence-electron chi connectivity index (χ3n) is 3.33. The van der Waals surface area contributed by atoms with Gasteiger partial charge < -0.3 is 9.64 Å². The Morgan fingerprint density at radius 2 is 1.95 bits per heavy atom. The molecule has 1 heterocycles. The van der Waals surface area contributed by atoms with Crippen molar-refractivity contribution < 1.29 is 14.3 Å². The van der Waals surface area contributed by atoms with Crippen molar-refractivity contribution in [3.05, 3.63) is 59.9 Å². The van der Waals surface area contributed by atoms with Crippen molar-refractivity contribution in [1.82, 2.24) is 4.98 Å². The minimum atomic E-state index is -0.349. The second kappa shape index (κ2) is 7.36. The summed E-state index contributed by atoms with van der Waals surface area (Å²) in [6.07, 6.45) is 3.27. The maximum absolute atomic E-state index is 12.7. The summed E-state index contributed by atoms with van der Waals surface area (Å²) in [6.45, 7) is 2.18. The number of nitrogens with zero attached hydrogens (tertiary/aromatic N) is 2. The van der Waals surface area contributed by atoms with E-state index in [2.05, 4.69) is 9.72 Å². The molecular weight excluding hydrogens is 280 g/mol. The topological polar surface area (TPSA) is 59.5 Å². The van der Waals surface area contributed by atoms with E-state index in [4.69, 9.17) is 0 Å². The predicted molar refractivity (Wildman–Crippen MR) is 83.7 cm³/mol. The summed E-state index contributed by atoms with van der Waals surface area (Å²) in [7, 11) is 1.34. The number of ether oxygens (including phenoxy) is 1. The van der Waals surface area contributed by atoms with E-state index in [0.717, 1.165) is 11.3 Å². The number of methoxy groups -OCH3 is 1. The van der Waals surface area contributed by atoms with Crippen LogP contribution in [0.1, 0.15) is 22.3 Å². The van der Waals surface area contributed by atoms with E-state index < -0.39 is 0 Å². The third-order valence-corrected chi connectivity index (χ3v) is 3.33. The average molecular weight is 298 g/mol. The Morgan fingerprint density at radius 1 is 1.18 bits per heavy atom. The summed E-state index contributed by atoms with van der Waals surface area (Å²) in [6, 6.07) is 11.0. The van der Waals surface area contributed by atoms with Crippen LogP contribution in [-0.4, -0.2) is 30.5 Å². The molecule has 0 saturated heterocycles. The molecule has 0 aliphatic rings. The van der Waals surface area contributed by atoms with Gasteiger partial charge >= 0.3 is 5.97 Å². The number of para-hydroxylation sites is 1. The van der Waals surface area contributed by atoms with Crippen LogP contribution in [0.2, 0.25) is 0 Å². The molecule has 1 amide bonds.